The Kier molecular flexibility index (Phi) is 23.8. The monoisotopic (exact) mass is 1070 g/mol. The number of ketones is 1. The van der Waals surface area contributed by atoms with Crippen LogP contribution in [0.4, 0.5) is 17.3 Å². The predicted octanol–water partition coefficient (Wildman–Crippen LogP) is 14.7. The molecule has 0 spiro atoms. The van der Waals surface area contributed by atoms with Gasteiger partial charge in [-0.2, -0.15) is 0 Å². The van der Waals surface area contributed by atoms with E-state index in [0.717, 1.165) is 119 Å². The number of hydrogen-bond acceptors (Lipinski definition) is 11. The molecule has 424 valence electrons. The summed E-state index contributed by atoms with van der Waals surface area (Å²) in [6.07, 6.45) is 19.5. The second kappa shape index (κ2) is 30.8. The molecular weight excluding hydrogens is 985 g/mol. The number of carbonyl (C=O) groups excluding carboxylic acids is 2. The van der Waals surface area contributed by atoms with Gasteiger partial charge in [0.05, 0.1) is 17.1 Å². The SMILES string of the molecule is CC.CC.CC(=O)Cc1ccc(CCc2nc3ccccn3c2NC2CCCCC2)cc1.CC(=O)N1CCN(c2ccc(-c3nc4ccccn4c3NC3CCCCC3)cc2)CC1.Cc1noc(C)c1C.Cc1noc(C)c1C. The van der Waals surface area contributed by atoms with E-state index in [1.165, 1.54) is 75.5 Å². The van der Waals surface area contributed by atoms with Gasteiger partial charge >= 0.3 is 0 Å². The molecule has 14 heteroatoms. The van der Waals surface area contributed by atoms with Gasteiger partial charge in [0.15, 0.2) is 0 Å². The van der Waals surface area contributed by atoms with Crippen LogP contribution in [0.2, 0.25) is 0 Å². The van der Waals surface area contributed by atoms with Gasteiger partial charge in [-0.05, 0) is 135 Å². The van der Waals surface area contributed by atoms with Gasteiger partial charge in [-0.25, -0.2) is 9.97 Å². The minimum absolute atomic E-state index is 0.167. The van der Waals surface area contributed by atoms with Crippen molar-refractivity contribution in [2.45, 2.75) is 179 Å². The number of nitrogens with one attached hydrogen (secondary N) is 2. The van der Waals surface area contributed by atoms with Crippen molar-refractivity contribution in [1.82, 2.24) is 34.0 Å². The minimum atomic E-state index is 0.167. The van der Waals surface area contributed by atoms with Gasteiger partial charge in [-0.15, -0.1) is 0 Å². The summed E-state index contributed by atoms with van der Waals surface area (Å²) >= 11 is 0. The van der Waals surface area contributed by atoms with Gasteiger partial charge in [0.1, 0.15) is 45.9 Å². The van der Waals surface area contributed by atoms with Crippen molar-refractivity contribution in [2.75, 3.05) is 41.7 Å². The van der Waals surface area contributed by atoms with Crippen molar-refractivity contribution in [2.24, 2.45) is 0 Å². The summed E-state index contributed by atoms with van der Waals surface area (Å²) in [6.45, 7) is 26.3. The third-order valence-electron chi connectivity index (χ3n) is 15.2. The zero-order valence-corrected chi connectivity index (χ0v) is 49.6. The number of pyridine rings is 2. The first-order valence-corrected chi connectivity index (χ1v) is 29.2. The molecule has 7 heterocycles. The van der Waals surface area contributed by atoms with Crippen molar-refractivity contribution in [3.63, 3.8) is 0 Å². The van der Waals surface area contributed by atoms with Crippen LogP contribution in [0.15, 0.2) is 106 Å². The summed E-state index contributed by atoms with van der Waals surface area (Å²) in [4.78, 5) is 37.0. The molecule has 8 aromatic rings. The lowest BCUT2D eigenvalue weighted by Gasteiger charge is -2.35. The maximum Gasteiger partial charge on any atom is 0.219 e. The standard InChI is InChI=1S/C25H31N5O.C24H29N3O.2C6H9NO.2C2H6/c1-19(31)28-15-17-29(18-16-28)22-12-10-20(11-13-22)24-25(26-21-7-3-2-4-8-21)30-14-6-5-9-23(30)27-24;1-18(28)17-20-12-10-19(11-13-20)14-15-22-24(25-21-7-3-2-4-8-21)27-16-6-5-9-23(27)26-22;2*1-4-5(2)7-8-6(4)3;2*1-2/h5-6,9-14,21,26H,2-4,7-8,15-18H2,1H3;5-6,9-13,16,21,25H,2-4,7-8,14-15,17H2,1H3;2*1-3H3;2*1-2H3. The molecule has 1 saturated heterocycles. The van der Waals surface area contributed by atoms with E-state index < -0.39 is 0 Å². The van der Waals surface area contributed by atoms with Crippen LogP contribution in [-0.4, -0.2) is 83.9 Å². The van der Waals surface area contributed by atoms with E-state index >= 15 is 0 Å². The highest BCUT2D eigenvalue weighted by molar-refractivity contribution is 5.79. The highest BCUT2D eigenvalue weighted by Gasteiger charge is 2.23. The molecule has 1 amide bonds. The molecule has 2 aromatic carbocycles. The average molecular weight is 1080 g/mol. The van der Waals surface area contributed by atoms with Crippen LogP contribution < -0.4 is 15.5 Å². The summed E-state index contributed by atoms with van der Waals surface area (Å²) in [5.41, 5.74) is 13.1. The summed E-state index contributed by atoms with van der Waals surface area (Å²) < 4.78 is 14.1. The molecule has 0 radical (unpaired) electrons. The molecule has 0 atom stereocenters. The number of aryl methyl sites for hydroxylation is 6. The summed E-state index contributed by atoms with van der Waals surface area (Å²) in [6, 6.07) is 30.6. The van der Waals surface area contributed by atoms with E-state index in [-0.39, 0.29) is 11.7 Å². The third-order valence-corrected chi connectivity index (χ3v) is 15.2. The molecule has 11 rings (SSSR count). The number of aromatic nitrogens is 6. The summed E-state index contributed by atoms with van der Waals surface area (Å²) in [5.74, 6) is 4.47. The molecular formula is C65H90N10O4. The van der Waals surface area contributed by atoms with Crippen LogP contribution in [0.3, 0.4) is 0 Å². The molecule has 2 aliphatic carbocycles. The molecule has 2 saturated carbocycles. The lowest BCUT2D eigenvalue weighted by Crippen LogP contribution is -2.48. The second-order valence-corrected chi connectivity index (χ2v) is 20.7. The Morgan fingerprint density at radius 1 is 0.557 bits per heavy atom. The predicted molar refractivity (Wildman–Crippen MR) is 324 cm³/mol. The van der Waals surface area contributed by atoms with Crippen LogP contribution in [0.25, 0.3) is 22.6 Å². The van der Waals surface area contributed by atoms with Gasteiger partial charge in [0.25, 0.3) is 0 Å². The number of benzene rings is 2. The molecule has 1 aliphatic heterocycles. The molecule has 2 N–H and O–H groups in total. The first-order valence-electron chi connectivity index (χ1n) is 29.2. The van der Waals surface area contributed by atoms with E-state index in [2.05, 4.69) is 120 Å². The van der Waals surface area contributed by atoms with Crippen LogP contribution in [0, 0.1) is 41.5 Å². The maximum atomic E-state index is 11.6. The van der Waals surface area contributed by atoms with Crippen molar-refractivity contribution in [3.05, 3.63) is 148 Å². The normalized spacial score (nSPS) is 14.5. The van der Waals surface area contributed by atoms with Crippen LogP contribution in [-0.2, 0) is 28.9 Å². The van der Waals surface area contributed by atoms with E-state index in [9.17, 15) is 9.59 Å². The fourth-order valence-electron chi connectivity index (χ4n) is 10.1. The van der Waals surface area contributed by atoms with Gasteiger partial charge in [-0.1, -0.05) is 125 Å². The number of nitrogens with zero attached hydrogens (tertiary/aromatic N) is 8. The lowest BCUT2D eigenvalue weighted by atomic mass is 9.95. The number of imidazole rings is 2. The van der Waals surface area contributed by atoms with E-state index in [0.29, 0.717) is 18.5 Å². The molecule has 3 fully saturated rings. The lowest BCUT2D eigenvalue weighted by molar-refractivity contribution is -0.129. The van der Waals surface area contributed by atoms with Crippen molar-refractivity contribution >= 4 is 40.3 Å². The quantitative estimate of drug-likeness (QED) is 0.127. The highest BCUT2D eigenvalue weighted by atomic mass is 16.5. The molecule has 0 unspecified atom stereocenters. The number of piperazine rings is 1. The molecule has 3 aliphatic rings. The molecule has 79 heavy (non-hydrogen) atoms. The fourth-order valence-corrected chi connectivity index (χ4v) is 10.1. The number of anilines is 3. The van der Waals surface area contributed by atoms with Crippen molar-refractivity contribution in [1.29, 1.82) is 0 Å². The van der Waals surface area contributed by atoms with Crippen molar-refractivity contribution in [3.8, 4) is 11.3 Å². The maximum absolute atomic E-state index is 11.6. The first-order chi connectivity index (χ1) is 38.3. The van der Waals surface area contributed by atoms with Crippen molar-refractivity contribution < 1.29 is 18.6 Å². The highest BCUT2D eigenvalue weighted by Crippen LogP contribution is 2.33. The number of carbonyl (C=O) groups is 2. The van der Waals surface area contributed by atoms with E-state index in [1.54, 1.807) is 13.8 Å². The fraction of sp³-hybridized carbons (Fsp3) is 0.477. The Labute approximate surface area is 470 Å². The van der Waals surface area contributed by atoms with E-state index in [4.69, 9.17) is 19.0 Å². The summed E-state index contributed by atoms with van der Waals surface area (Å²) in [5, 5.41) is 15.1. The number of Topliss-reactive ketones (excluding diaryl/α,β-unsaturated/α-hetero) is 1. The Bertz CT molecular complexity index is 3010. The number of fused-ring (bicyclic) bond motifs is 2. The molecule has 0 bridgehead atoms. The largest absolute Gasteiger partial charge is 0.368 e. The zero-order chi connectivity index (χ0) is 56.8. The zero-order valence-electron chi connectivity index (χ0n) is 49.6. The average Bonchev–Trinajstić information content (AvgIpc) is 4.37. The van der Waals surface area contributed by atoms with E-state index in [1.807, 2.05) is 86.3 Å². The van der Waals surface area contributed by atoms with Gasteiger partial charge in [0.2, 0.25) is 5.91 Å². The molecule has 14 nitrogen and oxygen atoms in total. The Morgan fingerprint density at radius 3 is 1.49 bits per heavy atom. The molecule has 6 aromatic heterocycles. The smallest absolute Gasteiger partial charge is 0.219 e. The van der Waals surface area contributed by atoms with Gasteiger partial charge < -0.3 is 29.5 Å². The Hall–Kier alpha value is -7.22. The van der Waals surface area contributed by atoms with Gasteiger partial charge in [0, 0.05) is 86.4 Å². The summed E-state index contributed by atoms with van der Waals surface area (Å²) in [7, 11) is 0. The minimum Gasteiger partial charge on any atom is -0.368 e. The first kappa shape index (κ1) is 61.0. The van der Waals surface area contributed by atoms with Crippen LogP contribution >= 0.6 is 0 Å². The van der Waals surface area contributed by atoms with Crippen LogP contribution in [0.5, 0.6) is 0 Å². The number of amides is 1. The Balaban J connectivity index is 0.000000191. The van der Waals surface area contributed by atoms with Crippen LogP contribution in [0.1, 0.15) is 157 Å². The van der Waals surface area contributed by atoms with Gasteiger partial charge in [-0.3, -0.25) is 18.4 Å². The third kappa shape index (κ3) is 17.1. The topological polar surface area (TPSA) is 151 Å². The Morgan fingerprint density at radius 2 is 1.04 bits per heavy atom. The second-order valence-electron chi connectivity index (χ2n) is 20.7. The number of hydrogen-bond donors (Lipinski definition) is 2. The number of rotatable bonds is 11.